The zero-order chi connectivity index (χ0) is 66.4. The largest absolute Gasteiger partial charge is 0.461 e. The molecule has 0 atom stereocenters. The molecule has 0 spiro atoms. The number of nitrogens with zero attached hydrogens (tertiary/aromatic N) is 6. The fourth-order valence-corrected chi connectivity index (χ4v) is 16.8. The summed E-state index contributed by atoms with van der Waals surface area (Å²) in [6.45, 7) is 12.6. The number of esters is 1. The summed E-state index contributed by atoms with van der Waals surface area (Å²) < 4.78 is 8.78. The maximum absolute atomic E-state index is 14.4. The van der Waals surface area contributed by atoms with Crippen LogP contribution in [0, 0.1) is 6.92 Å². The van der Waals surface area contributed by atoms with E-state index < -0.39 is 0 Å². The van der Waals surface area contributed by atoms with Gasteiger partial charge in [0, 0.05) is 120 Å². The van der Waals surface area contributed by atoms with E-state index >= 15 is 0 Å². The molecule has 0 saturated heterocycles. The molecule has 502 valence electrons. The Hall–Kier alpha value is -8.64. The van der Waals surface area contributed by atoms with Crippen molar-refractivity contribution in [3.05, 3.63) is 208 Å². The van der Waals surface area contributed by atoms with Crippen LogP contribution in [0.1, 0.15) is 223 Å². The molecule has 12 nitrogen and oxygen atoms in total. The Morgan fingerprint density at radius 1 is 0.433 bits per heavy atom. The van der Waals surface area contributed by atoms with Crippen molar-refractivity contribution >= 4 is 73.9 Å². The zero-order valence-electron chi connectivity index (χ0n) is 58.2. The van der Waals surface area contributed by atoms with Gasteiger partial charge in [0.2, 0.25) is 0 Å². The number of anilines is 4. The first kappa shape index (κ1) is 65.6. The van der Waals surface area contributed by atoms with Crippen LogP contribution in [0.5, 0.6) is 0 Å². The number of para-hydroxylation sites is 4. The molecule has 6 heterocycles. The van der Waals surface area contributed by atoms with Crippen molar-refractivity contribution in [2.24, 2.45) is 20.0 Å². The van der Waals surface area contributed by atoms with E-state index in [4.69, 9.17) is 24.7 Å². The van der Waals surface area contributed by atoms with Crippen LogP contribution in [0.3, 0.4) is 0 Å². The van der Waals surface area contributed by atoms with Crippen molar-refractivity contribution in [2.45, 2.75) is 230 Å². The van der Waals surface area contributed by atoms with E-state index in [0.29, 0.717) is 6.42 Å². The van der Waals surface area contributed by atoms with Gasteiger partial charge >= 0.3 is 5.97 Å². The van der Waals surface area contributed by atoms with E-state index in [1.54, 1.807) is 0 Å². The van der Waals surface area contributed by atoms with Gasteiger partial charge in [0.15, 0.2) is 0 Å². The number of rotatable bonds is 22. The van der Waals surface area contributed by atoms with Gasteiger partial charge in [-0.05, 0) is 166 Å². The third-order valence-electron chi connectivity index (χ3n) is 22.2. The molecule has 4 N–H and O–H groups in total. The van der Waals surface area contributed by atoms with Gasteiger partial charge in [-0.15, -0.1) is 0 Å². The van der Waals surface area contributed by atoms with Crippen LogP contribution in [0.2, 0.25) is 0 Å². The molecule has 4 fully saturated rings. The monoisotopic (exact) mass is 1290 g/mol. The molecule has 0 radical (unpaired) electrons. The van der Waals surface area contributed by atoms with E-state index in [9.17, 15) is 4.79 Å². The van der Waals surface area contributed by atoms with Gasteiger partial charge in [-0.3, -0.25) is 4.79 Å². The topological polar surface area (TPSA) is 142 Å². The average Bonchev–Trinajstić information content (AvgIpc) is 1.63. The number of aryl methyl sites for hydroxylation is 2. The molecule has 12 heteroatoms. The highest BCUT2D eigenvalue weighted by Gasteiger charge is 2.37. The van der Waals surface area contributed by atoms with E-state index in [0.717, 1.165) is 214 Å². The van der Waals surface area contributed by atoms with Crippen LogP contribution in [0.4, 0.5) is 22.7 Å². The number of aromatic nitrogens is 2. The molecule has 4 saturated carbocycles. The van der Waals surface area contributed by atoms with Crippen molar-refractivity contribution in [1.82, 2.24) is 9.55 Å². The van der Waals surface area contributed by atoms with Gasteiger partial charge in [0.05, 0.1) is 45.6 Å². The number of aliphatic imine (C=N–C) groups is 4. The number of carbonyl (C=O) groups excluding carboxylic acids is 1. The molecule has 0 amide bonds. The number of unbranched alkanes of at least 4 members (excludes halogenated alkanes) is 4. The van der Waals surface area contributed by atoms with Crippen molar-refractivity contribution in [2.75, 3.05) is 27.9 Å². The first-order valence-corrected chi connectivity index (χ1v) is 37.0. The van der Waals surface area contributed by atoms with Crippen LogP contribution in [-0.4, -0.2) is 67.1 Å². The minimum atomic E-state index is -0.212. The summed E-state index contributed by atoms with van der Waals surface area (Å²) in [6.07, 6.45) is 47.8. The second-order valence-corrected chi connectivity index (χ2v) is 30.2. The summed E-state index contributed by atoms with van der Waals surface area (Å²) in [4.78, 5) is 42.5. The SMILES string of the molecule is Cc1nccn1CCCCCCCC(=O)OCC1=CC2=C(c3ccccc3NC3(C)CCCCC3)C3=NC(=C(c4ccccc4NC4(C)CCCCC4)C4=NC(=C(c5ccccc5NC5(C)CCCCC5)C5=NC(=C(c6ccccc6NC6(C)CCCCC6)C1=N2)C=C5)C=C4)C=C3. The number of benzene rings is 4. The average molecular weight is 1290 g/mol. The smallest absolute Gasteiger partial charge is 0.306 e. The lowest BCUT2D eigenvalue weighted by atomic mass is 9.82. The maximum atomic E-state index is 14.4. The second kappa shape index (κ2) is 28.8. The van der Waals surface area contributed by atoms with Crippen LogP contribution in [0.15, 0.2) is 200 Å². The second-order valence-electron chi connectivity index (χ2n) is 30.2. The van der Waals surface area contributed by atoms with Crippen LogP contribution >= 0.6 is 0 Å². The summed E-state index contributed by atoms with van der Waals surface area (Å²) in [7, 11) is 0. The summed E-state index contributed by atoms with van der Waals surface area (Å²) in [5, 5.41) is 16.6. The molecule has 1 aromatic heterocycles. The van der Waals surface area contributed by atoms with Gasteiger partial charge in [0.25, 0.3) is 0 Å². The van der Waals surface area contributed by atoms with Crippen molar-refractivity contribution in [3.8, 4) is 0 Å². The third kappa shape index (κ3) is 14.8. The van der Waals surface area contributed by atoms with Crippen LogP contribution in [-0.2, 0) is 16.1 Å². The van der Waals surface area contributed by atoms with E-state index in [-0.39, 0.29) is 34.7 Å². The van der Waals surface area contributed by atoms with E-state index in [1.807, 2.05) is 6.20 Å². The number of ether oxygens (including phenoxy) is 1. The first-order valence-electron chi connectivity index (χ1n) is 37.0. The summed E-state index contributed by atoms with van der Waals surface area (Å²) in [5.74, 6) is 0.832. The van der Waals surface area contributed by atoms with Crippen molar-refractivity contribution < 1.29 is 9.53 Å². The Labute approximate surface area is 576 Å². The Balaban J connectivity index is 0.978. The molecule has 4 aromatic carbocycles. The maximum Gasteiger partial charge on any atom is 0.306 e. The van der Waals surface area contributed by atoms with Crippen LogP contribution in [0.25, 0.3) is 22.3 Å². The summed E-state index contributed by atoms with van der Waals surface area (Å²) in [5.41, 5.74) is 18.6. The highest BCUT2D eigenvalue weighted by molar-refractivity contribution is 6.41. The zero-order valence-corrected chi connectivity index (χ0v) is 58.2. The molecular formula is C85H100N10O2. The van der Waals surface area contributed by atoms with E-state index in [1.165, 1.54) is 77.0 Å². The minimum absolute atomic E-state index is 0.0243. The Morgan fingerprint density at radius 2 is 0.794 bits per heavy atom. The normalized spacial score (nSPS) is 20.7. The fourth-order valence-electron chi connectivity index (χ4n) is 16.8. The number of hydrogen-bond acceptors (Lipinski definition) is 11. The number of nitrogens with one attached hydrogen (secondary N) is 4. The molecule has 14 rings (SSSR count). The molecular weight excluding hydrogens is 1190 g/mol. The molecule has 5 aliphatic heterocycles. The van der Waals surface area contributed by atoms with Gasteiger partial charge in [0.1, 0.15) is 12.4 Å². The Morgan fingerprint density at radius 3 is 1.20 bits per heavy atom. The summed E-state index contributed by atoms with van der Waals surface area (Å²) >= 11 is 0. The number of fused-ring (bicyclic) bond motifs is 4. The number of imidazole rings is 1. The predicted octanol–water partition coefficient (Wildman–Crippen LogP) is 20.7. The third-order valence-corrected chi connectivity index (χ3v) is 22.2. The van der Waals surface area contributed by atoms with Crippen molar-refractivity contribution in [3.63, 3.8) is 0 Å². The Kier molecular flexibility index (Phi) is 19.5. The molecule has 5 aromatic rings. The molecule has 97 heavy (non-hydrogen) atoms. The summed E-state index contributed by atoms with van der Waals surface area (Å²) in [6, 6.07) is 35.1. The predicted molar refractivity (Wildman–Crippen MR) is 405 cm³/mol. The highest BCUT2D eigenvalue weighted by Crippen LogP contribution is 2.47. The standard InChI is InChI=1S/C85H100N10O2/c1-59-86-54-56-95(59)55-30-8-6-7-13-39-76(96)97-58-60-57-75-79(63-33-16-20-37-67(63)93-84(4)50-26-11-27-51-84)73-43-42-71(88-73)77(61-31-14-18-35-65(61)91-82(2)46-22-9-23-47-82)69-40-41-70(87-69)78(62-32-15-19-36-66(62)92-83(3)48-24-10-25-49-83)72-44-45-74(89-72)80(81(60)90-75)64-34-17-21-38-68(64)94-85(5)52-28-12-29-53-85/h14-21,31-38,40-45,54,56-57,91-94H,6-13,22-30,39,46-53,55,58H2,1-5H3. The molecule has 0 unspecified atom stereocenters. The molecule has 8 bridgehead atoms. The van der Waals surface area contributed by atoms with Crippen molar-refractivity contribution in [1.29, 1.82) is 0 Å². The number of carbonyl (C=O) groups is 1. The number of allylic oxidation sites excluding steroid dienone is 11. The number of hydrogen-bond donors (Lipinski definition) is 4. The lowest BCUT2D eigenvalue weighted by Crippen LogP contribution is -2.37. The molecule has 4 aliphatic carbocycles. The highest BCUT2D eigenvalue weighted by atomic mass is 16.5. The van der Waals surface area contributed by atoms with Crippen LogP contribution < -0.4 is 21.3 Å². The minimum Gasteiger partial charge on any atom is -0.461 e. The van der Waals surface area contributed by atoms with Gasteiger partial charge < -0.3 is 30.6 Å². The molecule has 9 aliphatic rings. The van der Waals surface area contributed by atoms with Gasteiger partial charge in [-0.25, -0.2) is 25.0 Å². The van der Waals surface area contributed by atoms with Gasteiger partial charge in [-0.1, -0.05) is 169 Å². The first-order chi connectivity index (χ1) is 47.3. The van der Waals surface area contributed by atoms with Gasteiger partial charge in [-0.2, -0.15) is 0 Å². The fraction of sp³-hybridized carbons (Fsp3) is 0.435. The lowest BCUT2D eigenvalue weighted by Gasteiger charge is -2.36. The Bertz CT molecular complexity index is 4060. The van der Waals surface area contributed by atoms with E-state index in [2.05, 4.69) is 211 Å². The quantitative estimate of drug-likeness (QED) is 0.0399. The lowest BCUT2D eigenvalue weighted by molar-refractivity contribution is -0.142.